The van der Waals surface area contributed by atoms with Crippen LogP contribution in [-0.4, -0.2) is 31.8 Å². The van der Waals surface area contributed by atoms with Crippen LogP contribution in [0.25, 0.3) is 0 Å². The molecule has 0 bridgehead atoms. The van der Waals surface area contributed by atoms with Crippen LogP contribution in [0.15, 0.2) is 65.8 Å². The van der Waals surface area contributed by atoms with Crippen molar-refractivity contribution in [2.45, 2.75) is 6.92 Å². The van der Waals surface area contributed by atoms with E-state index in [1.54, 1.807) is 62.6 Å². The molecular weight excluding hydrogens is 467 g/mol. The molecule has 0 unspecified atom stereocenters. The maximum atomic E-state index is 12.5. The van der Waals surface area contributed by atoms with E-state index < -0.39 is 5.97 Å². The second kappa shape index (κ2) is 11.4. The van der Waals surface area contributed by atoms with Crippen LogP contribution < -0.4 is 19.6 Å². The average Bonchev–Trinajstić information content (AvgIpc) is 2.80. The molecule has 9 heteroatoms. The molecule has 170 valence electrons. The van der Waals surface area contributed by atoms with Crippen LogP contribution in [0, 0.1) is 0 Å². The van der Waals surface area contributed by atoms with Gasteiger partial charge in [0.15, 0.2) is 11.5 Å². The average molecular weight is 487 g/mol. The number of nitrogens with one attached hydrogen (secondary N) is 1. The predicted octanol–water partition coefficient (Wildman–Crippen LogP) is 5.38. The molecule has 1 N–H and O–H groups in total. The van der Waals surface area contributed by atoms with Gasteiger partial charge in [-0.2, -0.15) is 5.10 Å². The Morgan fingerprint density at radius 3 is 2.42 bits per heavy atom. The van der Waals surface area contributed by atoms with E-state index in [9.17, 15) is 9.59 Å². The largest absolute Gasteiger partial charge is 0.497 e. The summed E-state index contributed by atoms with van der Waals surface area (Å²) in [6.45, 7) is 2.15. The Labute approximate surface area is 200 Å². The van der Waals surface area contributed by atoms with Gasteiger partial charge in [-0.1, -0.05) is 23.2 Å². The summed E-state index contributed by atoms with van der Waals surface area (Å²) >= 11 is 12.0. The second-order valence-corrected chi connectivity index (χ2v) is 7.42. The van der Waals surface area contributed by atoms with Crippen molar-refractivity contribution in [3.8, 4) is 17.2 Å². The summed E-state index contributed by atoms with van der Waals surface area (Å²) in [4.78, 5) is 24.7. The van der Waals surface area contributed by atoms with Gasteiger partial charge in [0.25, 0.3) is 5.91 Å². The molecule has 3 rings (SSSR count). The normalized spacial score (nSPS) is 10.7. The highest BCUT2D eigenvalue weighted by atomic mass is 35.5. The Morgan fingerprint density at radius 2 is 1.76 bits per heavy atom. The smallest absolute Gasteiger partial charge is 0.345 e. The number of methoxy groups -OCH3 is 1. The molecule has 0 saturated carbocycles. The number of benzene rings is 3. The van der Waals surface area contributed by atoms with Crippen molar-refractivity contribution in [1.29, 1.82) is 0 Å². The first-order valence-corrected chi connectivity index (χ1v) is 10.6. The summed E-state index contributed by atoms with van der Waals surface area (Å²) in [6, 6.07) is 16.0. The van der Waals surface area contributed by atoms with Gasteiger partial charge in [-0.15, -0.1) is 0 Å². The minimum Gasteiger partial charge on any atom is -0.497 e. The van der Waals surface area contributed by atoms with Crippen molar-refractivity contribution in [2.75, 3.05) is 13.7 Å². The molecule has 0 radical (unpaired) electrons. The lowest BCUT2D eigenvalue weighted by atomic mass is 10.2. The maximum Gasteiger partial charge on any atom is 0.345 e. The number of hydrogen-bond donors (Lipinski definition) is 1. The number of ether oxygens (including phenoxy) is 3. The lowest BCUT2D eigenvalue weighted by molar-refractivity contribution is 0.0728. The summed E-state index contributed by atoms with van der Waals surface area (Å²) in [7, 11) is 1.55. The number of hydrogen-bond acceptors (Lipinski definition) is 6. The molecule has 0 fully saturated rings. The molecule has 0 atom stereocenters. The summed E-state index contributed by atoms with van der Waals surface area (Å²) in [5.41, 5.74) is 3.69. The minimum absolute atomic E-state index is 0.176. The highest BCUT2D eigenvalue weighted by Crippen LogP contribution is 2.30. The van der Waals surface area contributed by atoms with Crippen molar-refractivity contribution >= 4 is 41.3 Å². The minimum atomic E-state index is -0.647. The molecule has 0 aromatic heterocycles. The fourth-order valence-corrected chi connectivity index (χ4v) is 3.23. The number of halogens is 2. The van der Waals surface area contributed by atoms with Crippen molar-refractivity contribution in [2.24, 2.45) is 5.10 Å². The molecule has 0 aliphatic carbocycles. The Hall–Kier alpha value is -3.55. The van der Waals surface area contributed by atoms with Crippen molar-refractivity contribution in [1.82, 2.24) is 5.43 Å². The fraction of sp³-hybridized carbons (Fsp3) is 0.125. The zero-order valence-electron chi connectivity index (χ0n) is 17.8. The van der Waals surface area contributed by atoms with E-state index in [1.807, 2.05) is 0 Å². The van der Waals surface area contributed by atoms with Crippen LogP contribution in [0.1, 0.15) is 33.2 Å². The first kappa shape index (κ1) is 24.1. The molecular formula is C24H20Cl2N2O5. The van der Waals surface area contributed by atoms with Crippen LogP contribution >= 0.6 is 23.2 Å². The van der Waals surface area contributed by atoms with Gasteiger partial charge in [0.1, 0.15) is 5.75 Å². The van der Waals surface area contributed by atoms with Gasteiger partial charge in [-0.05, 0) is 73.2 Å². The van der Waals surface area contributed by atoms with Gasteiger partial charge in [0.05, 0.1) is 30.5 Å². The van der Waals surface area contributed by atoms with Crippen LogP contribution in [0.5, 0.6) is 17.2 Å². The third-order valence-corrected chi connectivity index (χ3v) is 4.90. The highest BCUT2D eigenvalue weighted by Gasteiger charge is 2.16. The molecule has 3 aromatic carbocycles. The fourth-order valence-electron chi connectivity index (χ4n) is 2.74. The number of carbonyl (C=O) groups excluding carboxylic acids is 2. The molecule has 1 amide bonds. The van der Waals surface area contributed by atoms with Gasteiger partial charge in [-0.3, -0.25) is 4.79 Å². The van der Waals surface area contributed by atoms with E-state index in [0.717, 1.165) is 0 Å². The lowest BCUT2D eigenvalue weighted by Gasteiger charge is -2.12. The number of carbonyl (C=O) groups is 2. The zero-order chi connectivity index (χ0) is 23.8. The molecule has 33 heavy (non-hydrogen) atoms. The number of amides is 1. The molecule has 3 aromatic rings. The van der Waals surface area contributed by atoms with Gasteiger partial charge in [0.2, 0.25) is 0 Å². The third-order valence-electron chi connectivity index (χ3n) is 4.35. The molecule has 0 aliphatic rings. The highest BCUT2D eigenvalue weighted by molar-refractivity contribution is 6.36. The predicted molar refractivity (Wildman–Crippen MR) is 127 cm³/mol. The number of hydrazone groups is 1. The SMILES string of the molecule is CCOc1cc(/C=N/NC(=O)c2ccc(OC)cc2)ccc1OC(=O)c1ccc(Cl)cc1Cl. The number of nitrogens with zero attached hydrogens (tertiary/aromatic N) is 1. The molecule has 0 aliphatic heterocycles. The molecule has 0 heterocycles. The third kappa shape index (κ3) is 6.47. The monoisotopic (exact) mass is 486 g/mol. The molecule has 7 nitrogen and oxygen atoms in total. The first-order valence-electron chi connectivity index (χ1n) is 9.82. The van der Waals surface area contributed by atoms with E-state index in [-0.39, 0.29) is 22.2 Å². The summed E-state index contributed by atoms with van der Waals surface area (Å²) in [5, 5.41) is 4.56. The topological polar surface area (TPSA) is 86.2 Å². The lowest BCUT2D eigenvalue weighted by Crippen LogP contribution is -2.17. The maximum absolute atomic E-state index is 12.5. The molecule has 0 saturated heterocycles. The quantitative estimate of drug-likeness (QED) is 0.200. The first-order chi connectivity index (χ1) is 15.9. The van der Waals surface area contributed by atoms with Crippen molar-refractivity contribution in [3.05, 3.63) is 87.4 Å². The van der Waals surface area contributed by atoms with Gasteiger partial charge < -0.3 is 14.2 Å². The Kier molecular flexibility index (Phi) is 8.29. The second-order valence-electron chi connectivity index (χ2n) is 6.58. The van der Waals surface area contributed by atoms with E-state index in [2.05, 4.69) is 10.5 Å². The number of rotatable bonds is 8. The standard InChI is InChI=1S/C24H20Cl2N2O5/c1-3-32-22-12-15(14-27-28-23(29)16-5-8-18(31-2)9-6-16)4-11-21(22)33-24(30)19-10-7-17(25)13-20(19)26/h4-14H,3H2,1-2H3,(H,28,29)/b27-14+. The van der Waals surface area contributed by atoms with Crippen molar-refractivity contribution < 1.29 is 23.8 Å². The van der Waals surface area contributed by atoms with Gasteiger partial charge in [0, 0.05) is 10.6 Å². The Bertz CT molecular complexity index is 1180. The summed E-state index contributed by atoms with van der Waals surface area (Å²) < 4.78 is 16.1. The summed E-state index contributed by atoms with van der Waals surface area (Å²) in [6.07, 6.45) is 1.45. The summed E-state index contributed by atoms with van der Waals surface area (Å²) in [5.74, 6) is 0.182. The van der Waals surface area contributed by atoms with E-state index >= 15 is 0 Å². The Balaban J connectivity index is 1.70. The van der Waals surface area contributed by atoms with Crippen LogP contribution in [0.4, 0.5) is 0 Å². The van der Waals surface area contributed by atoms with Gasteiger partial charge >= 0.3 is 5.97 Å². The van der Waals surface area contributed by atoms with E-state index in [1.165, 1.54) is 18.3 Å². The van der Waals surface area contributed by atoms with E-state index in [0.29, 0.717) is 34.3 Å². The molecule has 0 spiro atoms. The van der Waals surface area contributed by atoms with Crippen LogP contribution in [0.3, 0.4) is 0 Å². The van der Waals surface area contributed by atoms with Crippen LogP contribution in [0.2, 0.25) is 10.0 Å². The number of esters is 1. The van der Waals surface area contributed by atoms with Crippen LogP contribution in [-0.2, 0) is 0 Å². The van der Waals surface area contributed by atoms with E-state index in [4.69, 9.17) is 37.4 Å². The van der Waals surface area contributed by atoms with Gasteiger partial charge in [-0.25, -0.2) is 10.2 Å². The Morgan fingerprint density at radius 1 is 1.00 bits per heavy atom. The van der Waals surface area contributed by atoms with Crippen molar-refractivity contribution in [3.63, 3.8) is 0 Å². The zero-order valence-corrected chi connectivity index (χ0v) is 19.3.